The van der Waals surface area contributed by atoms with E-state index in [1.54, 1.807) is 0 Å². The highest BCUT2D eigenvalue weighted by atomic mass is 79.9. The van der Waals surface area contributed by atoms with E-state index in [1.807, 2.05) is 30.0 Å². The average molecular weight is 412 g/mol. The maximum absolute atomic E-state index is 12.5. The van der Waals surface area contributed by atoms with Crippen molar-refractivity contribution in [1.82, 2.24) is 14.5 Å². The first kappa shape index (κ1) is 17.3. The number of nitrogens with zero attached hydrogens (tertiary/aromatic N) is 3. The summed E-state index contributed by atoms with van der Waals surface area (Å²) in [6.07, 6.45) is 4.14. The van der Waals surface area contributed by atoms with Crippen LogP contribution in [0.25, 0.3) is 16.7 Å². The van der Waals surface area contributed by atoms with Crippen molar-refractivity contribution in [2.75, 3.05) is 6.54 Å². The standard InChI is InChI=1S/C21H22BrN3O/c1-3-24(21(26)15-9-10-15)12-16-6-4-5-7-19(16)25-13-18(22)17-11-8-14(2)23-20(17)25/h4-8,11,13,15H,3,9-10,12H2,1-2H3. The molecule has 3 aromatic rings. The molecule has 2 heterocycles. The van der Waals surface area contributed by atoms with Crippen molar-refractivity contribution in [3.8, 4) is 5.69 Å². The van der Waals surface area contributed by atoms with Crippen LogP contribution in [0.2, 0.25) is 0 Å². The quantitative estimate of drug-likeness (QED) is 0.601. The molecule has 0 bridgehead atoms. The minimum absolute atomic E-state index is 0.244. The predicted molar refractivity (Wildman–Crippen MR) is 107 cm³/mol. The molecule has 1 amide bonds. The third-order valence-corrected chi connectivity index (χ3v) is 5.61. The fraction of sp³-hybridized carbons (Fsp3) is 0.333. The molecule has 1 aliphatic rings. The maximum Gasteiger partial charge on any atom is 0.225 e. The molecule has 0 radical (unpaired) electrons. The highest BCUT2D eigenvalue weighted by molar-refractivity contribution is 9.10. The van der Waals surface area contributed by atoms with Gasteiger partial charge in [0.15, 0.2) is 0 Å². The average Bonchev–Trinajstić information content (AvgIpc) is 3.44. The number of para-hydroxylation sites is 1. The lowest BCUT2D eigenvalue weighted by molar-refractivity contribution is -0.132. The molecule has 0 N–H and O–H groups in total. The van der Waals surface area contributed by atoms with E-state index in [0.717, 1.165) is 51.8 Å². The first-order valence-electron chi connectivity index (χ1n) is 9.09. The fourth-order valence-corrected chi connectivity index (χ4v) is 3.87. The lowest BCUT2D eigenvalue weighted by Crippen LogP contribution is -2.31. The van der Waals surface area contributed by atoms with Crippen molar-refractivity contribution < 1.29 is 4.79 Å². The first-order chi connectivity index (χ1) is 12.6. The molecule has 26 heavy (non-hydrogen) atoms. The smallest absolute Gasteiger partial charge is 0.225 e. The molecule has 5 heteroatoms. The summed E-state index contributed by atoms with van der Waals surface area (Å²) in [5.41, 5.74) is 4.13. The summed E-state index contributed by atoms with van der Waals surface area (Å²) in [6.45, 7) is 5.42. The van der Waals surface area contributed by atoms with Gasteiger partial charge in [0.05, 0.1) is 5.69 Å². The van der Waals surface area contributed by atoms with Crippen LogP contribution in [0.5, 0.6) is 0 Å². The van der Waals surface area contributed by atoms with Crippen LogP contribution in [-0.2, 0) is 11.3 Å². The van der Waals surface area contributed by atoms with Crippen LogP contribution in [0, 0.1) is 12.8 Å². The molecular weight excluding hydrogens is 390 g/mol. The lowest BCUT2D eigenvalue weighted by Gasteiger charge is -2.23. The van der Waals surface area contributed by atoms with Gasteiger partial charge in [-0.3, -0.25) is 9.36 Å². The van der Waals surface area contributed by atoms with Crippen LogP contribution in [0.15, 0.2) is 47.1 Å². The van der Waals surface area contributed by atoms with Crippen molar-refractivity contribution in [2.24, 2.45) is 5.92 Å². The van der Waals surface area contributed by atoms with Gasteiger partial charge in [-0.1, -0.05) is 18.2 Å². The summed E-state index contributed by atoms with van der Waals surface area (Å²) in [5, 5.41) is 1.09. The van der Waals surface area contributed by atoms with Crippen LogP contribution < -0.4 is 0 Å². The van der Waals surface area contributed by atoms with Crippen LogP contribution in [0.3, 0.4) is 0 Å². The van der Waals surface area contributed by atoms with Gasteiger partial charge in [-0.05, 0) is 66.4 Å². The largest absolute Gasteiger partial charge is 0.338 e. The van der Waals surface area contributed by atoms with Crippen molar-refractivity contribution in [3.05, 3.63) is 58.3 Å². The minimum atomic E-state index is 0.244. The first-order valence-corrected chi connectivity index (χ1v) is 9.89. The molecule has 4 nitrogen and oxygen atoms in total. The van der Waals surface area contributed by atoms with E-state index in [0.29, 0.717) is 6.54 Å². The summed E-state index contributed by atoms with van der Waals surface area (Å²) in [4.78, 5) is 19.3. The molecule has 4 rings (SSSR count). The summed E-state index contributed by atoms with van der Waals surface area (Å²) in [5.74, 6) is 0.530. The van der Waals surface area contributed by atoms with Gasteiger partial charge in [-0.15, -0.1) is 0 Å². The van der Waals surface area contributed by atoms with E-state index in [-0.39, 0.29) is 11.8 Å². The second kappa shape index (κ2) is 6.88. The van der Waals surface area contributed by atoms with E-state index < -0.39 is 0 Å². The number of benzene rings is 1. The van der Waals surface area contributed by atoms with Crippen LogP contribution >= 0.6 is 15.9 Å². The van der Waals surface area contributed by atoms with E-state index >= 15 is 0 Å². The minimum Gasteiger partial charge on any atom is -0.338 e. The molecule has 0 saturated heterocycles. The molecule has 1 aromatic carbocycles. The third kappa shape index (κ3) is 3.16. The Kier molecular flexibility index (Phi) is 4.57. The van der Waals surface area contributed by atoms with Crippen molar-refractivity contribution in [2.45, 2.75) is 33.2 Å². The Hall–Kier alpha value is -2.14. The summed E-state index contributed by atoms with van der Waals surface area (Å²) in [7, 11) is 0. The number of hydrogen-bond acceptors (Lipinski definition) is 2. The highest BCUT2D eigenvalue weighted by Crippen LogP contribution is 2.33. The number of rotatable bonds is 5. The van der Waals surface area contributed by atoms with Gasteiger partial charge >= 0.3 is 0 Å². The van der Waals surface area contributed by atoms with Gasteiger partial charge in [0.2, 0.25) is 5.91 Å². The second-order valence-electron chi connectivity index (χ2n) is 6.93. The maximum atomic E-state index is 12.5. The number of amides is 1. The molecule has 134 valence electrons. The number of aryl methyl sites for hydroxylation is 1. The van der Waals surface area contributed by atoms with Crippen molar-refractivity contribution in [3.63, 3.8) is 0 Å². The Morgan fingerprint density at radius 3 is 2.77 bits per heavy atom. The van der Waals surface area contributed by atoms with Gasteiger partial charge < -0.3 is 4.90 Å². The Balaban J connectivity index is 1.76. The van der Waals surface area contributed by atoms with Crippen LogP contribution in [0.4, 0.5) is 0 Å². The fourth-order valence-electron chi connectivity index (χ4n) is 3.36. The molecule has 0 unspecified atom stereocenters. The number of hydrogen-bond donors (Lipinski definition) is 0. The molecule has 2 aromatic heterocycles. The Morgan fingerprint density at radius 2 is 2.04 bits per heavy atom. The number of aromatic nitrogens is 2. The zero-order valence-corrected chi connectivity index (χ0v) is 16.7. The number of carbonyl (C=O) groups excluding carboxylic acids is 1. The molecule has 1 saturated carbocycles. The second-order valence-corrected chi connectivity index (χ2v) is 7.78. The normalized spacial score (nSPS) is 14.0. The number of carbonyl (C=O) groups is 1. The SMILES string of the molecule is CCN(Cc1ccccc1-n1cc(Br)c2ccc(C)nc21)C(=O)C1CC1. The molecule has 0 spiro atoms. The predicted octanol–water partition coefficient (Wildman–Crippen LogP) is 4.85. The van der Waals surface area contributed by atoms with Gasteiger partial charge in [0.25, 0.3) is 0 Å². The number of halogens is 1. The number of fused-ring (bicyclic) bond motifs is 1. The number of pyridine rings is 1. The molecule has 0 aliphatic heterocycles. The van der Waals surface area contributed by atoms with E-state index in [2.05, 4.69) is 51.8 Å². The van der Waals surface area contributed by atoms with Crippen molar-refractivity contribution >= 4 is 32.9 Å². The zero-order valence-electron chi connectivity index (χ0n) is 15.1. The van der Waals surface area contributed by atoms with Crippen molar-refractivity contribution in [1.29, 1.82) is 0 Å². The van der Waals surface area contributed by atoms with Crippen LogP contribution in [-0.4, -0.2) is 26.9 Å². The van der Waals surface area contributed by atoms with E-state index in [4.69, 9.17) is 4.98 Å². The monoisotopic (exact) mass is 411 g/mol. The Morgan fingerprint density at radius 1 is 1.27 bits per heavy atom. The van der Waals surface area contributed by atoms with E-state index in [9.17, 15) is 4.79 Å². The van der Waals surface area contributed by atoms with E-state index in [1.165, 1.54) is 0 Å². The molecule has 0 atom stereocenters. The Labute approximate surface area is 162 Å². The summed E-state index contributed by atoms with van der Waals surface area (Å²) >= 11 is 3.65. The molecular formula is C21H22BrN3O. The molecule has 1 aliphatic carbocycles. The highest BCUT2D eigenvalue weighted by Gasteiger charge is 2.33. The van der Waals surface area contributed by atoms with Gasteiger partial charge in [0.1, 0.15) is 5.65 Å². The van der Waals surface area contributed by atoms with Gasteiger partial charge in [0, 0.05) is 40.8 Å². The van der Waals surface area contributed by atoms with Crippen LogP contribution in [0.1, 0.15) is 31.0 Å². The lowest BCUT2D eigenvalue weighted by atomic mass is 10.1. The Bertz CT molecular complexity index is 975. The zero-order chi connectivity index (χ0) is 18.3. The summed E-state index contributed by atoms with van der Waals surface area (Å²) in [6, 6.07) is 12.4. The third-order valence-electron chi connectivity index (χ3n) is 4.97. The topological polar surface area (TPSA) is 38.1 Å². The van der Waals surface area contributed by atoms with Gasteiger partial charge in [-0.2, -0.15) is 0 Å². The summed E-state index contributed by atoms with van der Waals surface area (Å²) < 4.78 is 3.15. The van der Waals surface area contributed by atoms with Gasteiger partial charge in [-0.25, -0.2) is 4.98 Å². The molecule has 1 fully saturated rings.